The van der Waals surface area contributed by atoms with E-state index >= 15 is 0 Å². The number of amides is 1. The van der Waals surface area contributed by atoms with Crippen molar-refractivity contribution in [1.82, 2.24) is 0 Å². The molecule has 1 saturated heterocycles. The first kappa shape index (κ1) is 30.9. The number of rotatable bonds is 8. The lowest BCUT2D eigenvalue weighted by Gasteiger charge is -2.44. The number of ether oxygens (including phenoxy) is 5. The number of esters is 4. The maximum atomic E-state index is 13.6. The first-order chi connectivity index (χ1) is 20.0. The first-order valence-electron chi connectivity index (χ1n) is 12.7. The van der Waals surface area contributed by atoms with Crippen LogP contribution < -0.4 is 4.90 Å². The molecule has 0 saturated carbocycles. The zero-order valence-corrected chi connectivity index (χ0v) is 24.7. The largest absolute Gasteiger partial charge is 0.463 e. The van der Waals surface area contributed by atoms with Crippen molar-refractivity contribution in [1.29, 1.82) is 0 Å². The number of carbonyl (C=O) groups excluding carboxylic acids is 5. The van der Waals surface area contributed by atoms with Crippen LogP contribution in [-0.2, 0) is 47.7 Å². The number of anilines is 1. The van der Waals surface area contributed by atoms with Crippen LogP contribution in [-0.4, -0.2) is 71.4 Å². The number of nitrogens with zero attached hydrogens (tertiary/aromatic N) is 2. The predicted octanol–water partition coefficient (Wildman–Crippen LogP) is 3.31. The van der Waals surface area contributed by atoms with Crippen LogP contribution in [0.5, 0.6) is 0 Å². The van der Waals surface area contributed by atoms with E-state index in [1.54, 1.807) is 36.4 Å². The third-order valence-electron chi connectivity index (χ3n) is 5.84. The van der Waals surface area contributed by atoms with Gasteiger partial charge in [0.15, 0.2) is 28.9 Å². The molecule has 0 radical (unpaired) electrons. The van der Waals surface area contributed by atoms with Crippen LogP contribution in [0.3, 0.4) is 0 Å². The molecule has 5 atom stereocenters. The summed E-state index contributed by atoms with van der Waals surface area (Å²) >= 11 is 2.37. The van der Waals surface area contributed by atoms with Crippen LogP contribution in [0.4, 0.5) is 5.69 Å². The van der Waals surface area contributed by atoms with Crippen LogP contribution in [0.15, 0.2) is 58.5 Å². The van der Waals surface area contributed by atoms with Crippen molar-refractivity contribution < 1.29 is 47.7 Å². The van der Waals surface area contributed by atoms with Gasteiger partial charge >= 0.3 is 23.9 Å². The van der Waals surface area contributed by atoms with Crippen LogP contribution in [0.25, 0.3) is 6.08 Å². The Morgan fingerprint density at radius 3 is 2.14 bits per heavy atom. The molecule has 2 aliphatic rings. The van der Waals surface area contributed by atoms with Gasteiger partial charge in [-0.2, -0.15) is 0 Å². The summed E-state index contributed by atoms with van der Waals surface area (Å²) in [4.78, 5) is 68.4. The number of thioether (sulfide) groups is 1. The Morgan fingerprint density at radius 2 is 1.55 bits per heavy atom. The first-order valence-corrected chi connectivity index (χ1v) is 14.5. The summed E-state index contributed by atoms with van der Waals surface area (Å²) in [5.41, 5.74) is -0.465. The molecule has 222 valence electrons. The van der Waals surface area contributed by atoms with E-state index < -0.39 is 59.6 Å². The van der Waals surface area contributed by atoms with Gasteiger partial charge in [0.25, 0.3) is 5.91 Å². The van der Waals surface area contributed by atoms with Gasteiger partial charge in [0.2, 0.25) is 0 Å². The van der Waals surface area contributed by atoms with E-state index in [-0.39, 0.29) is 17.5 Å². The number of hydrogen-bond donors (Lipinski definition) is 0. The Kier molecular flexibility index (Phi) is 10.1. The molecule has 0 spiro atoms. The van der Waals surface area contributed by atoms with E-state index in [2.05, 4.69) is 4.99 Å². The second-order valence-electron chi connectivity index (χ2n) is 9.10. The average molecular weight is 617 g/mol. The minimum atomic E-state index is -1.34. The van der Waals surface area contributed by atoms with Crippen molar-refractivity contribution in [3.63, 3.8) is 0 Å². The Hall–Kier alpha value is -4.01. The zero-order chi connectivity index (χ0) is 30.4. The zero-order valence-electron chi connectivity index (χ0n) is 23.1. The summed E-state index contributed by atoms with van der Waals surface area (Å²) in [6.07, 6.45) is -3.42. The molecular weight excluding hydrogens is 588 g/mol. The van der Waals surface area contributed by atoms with Gasteiger partial charge in [-0.3, -0.25) is 28.9 Å². The number of aliphatic imine (C=N–C) groups is 1. The van der Waals surface area contributed by atoms with Crippen LogP contribution in [0.2, 0.25) is 0 Å². The summed E-state index contributed by atoms with van der Waals surface area (Å²) in [6, 6.07) is 12.5. The lowest BCUT2D eigenvalue weighted by atomic mass is 9.99. The Balaban J connectivity index is 1.77. The number of amidine groups is 1. The summed E-state index contributed by atoms with van der Waals surface area (Å²) < 4.78 is 27.9. The average Bonchev–Trinajstić information content (AvgIpc) is 3.54. The molecule has 3 heterocycles. The van der Waals surface area contributed by atoms with Gasteiger partial charge in [-0.1, -0.05) is 36.0 Å². The van der Waals surface area contributed by atoms with Gasteiger partial charge in [-0.25, -0.2) is 4.99 Å². The standard InChI is InChI=1S/C28H28N2O10S2/c1-15(31)36-14-22-23(37-16(2)32)24(38-17(3)33)25(39-18(4)34)27(40-22)42-28-29-21(13-20-11-8-12-41-20)26(35)30(28)19-9-6-5-7-10-19/h5-13,22-25,27H,14H2,1-4H3/b21-13-/t22-,23-,24+,25+,27+/m0/s1. The highest BCUT2D eigenvalue weighted by Crippen LogP contribution is 2.38. The highest BCUT2D eigenvalue weighted by atomic mass is 32.2. The second-order valence-corrected chi connectivity index (χ2v) is 11.1. The molecule has 2 aliphatic heterocycles. The molecule has 4 rings (SSSR count). The number of hydrogen-bond acceptors (Lipinski definition) is 13. The van der Waals surface area contributed by atoms with Crippen molar-refractivity contribution in [2.75, 3.05) is 11.5 Å². The Labute approximate surface area is 249 Å². The molecule has 1 aromatic heterocycles. The number of para-hydroxylation sites is 1. The summed E-state index contributed by atoms with van der Waals surface area (Å²) in [6.45, 7) is 4.28. The minimum Gasteiger partial charge on any atom is -0.463 e. The summed E-state index contributed by atoms with van der Waals surface area (Å²) in [5, 5.41) is 2.06. The lowest BCUT2D eigenvalue weighted by Crippen LogP contribution is -2.61. The number of carbonyl (C=O) groups is 5. The Bertz CT molecular complexity index is 1390. The van der Waals surface area contributed by atoms with E-state index in [0.29, 0.717) is 5.69 Å². The van der Waals surface area contributed by atoms with Gasteiger partial charge in [-0.15, -0.1) is 11.3 Å². The molecule has 1 amide bonds. The van der Waals surface area contributed by atoms with Crippen LogP contribution >= 0.6 is 23.1 Å². The fourth-order valence-corrected chi connectivity index (χ4v) is 6.12. The SMILES string of the molecule is CC(=O)OC[C@@H]1O[C@H](SC2=N/C(=C\c3cccs3)C(=O)N2c2ccccc2)[C@H](OC(C)=O)[C@H](OC(C)=O)[C@H]1OC(C)=O. The van der Waals surface area contributed by atoms with E-state index in [1.807, 2.05) is 17.5 Å². The van der Waals surface area contributed by atoms with Crippen molar-refractivity contribution in [3.8, 4) is 0 Å². The molecule has 0 bridgehead atoms. The van der Waals surface area contributed by atoms with Crippen molar-refractivity contribution >= 4 is 69.8 Å². The van der Waals surface area contributed by atoms with Crippen molar-refractivity contribution in [2.24, 2.45) is 4.99 Å². The highest BCUT2D eigenvalue weighted by Gasteiger charge is 2.53. The fourth-order valence-electron chi connectivity index (χ4n) is 4.28. The van der Waals surface area contributed by atoms with Crippen molar-refractivity contribution in [2.45, 2.75) is 57.5 Å². The van der Waals surface area contributed by atoms with E-state index in [9.17, 15) is 24.0 Å². The molecular formula is C28H28N2O10S2. The summed E-state index contributed by atoms with van der Waals surface area (Å²) in [7, 11) is 0. The molecule has 42 heavy (non-hydrogen) atoms. The van der Waals surface area contributed by atoms with E-state index in [4.69, 9.17) is 23.7 Å². The molecule has 0 N–H and O–H groups in total. The van der Waals surface area contributed by atoms with E-state index in [0.717, 1.165) is 37.4 Å². The van der Waals surface area contributed by atoms with Gasteiger partial charge in [0, 0.05) is 32.6 Å². The normalized spacial score (nSPS) is 24.6. The van der Waals surface area contributed by atoms with Gasteiger partial charge in [0.05, 0.1) is 5.69 Å². The van der Waals surface area contributed by atoms with Gasteiger partial charge < -0.3 is 23.7 Å². The van der Waals surface area contributed by atoms with Crippen molar-refractivity contribution in [3.05, 3.63) is 58.4 Å². The third-order valence-corrected chi connectivity index (χ3v) is 7.75. The fraction of sp³-hybridized carbons (Fsp3) is 0.357. The van der Waals surface area contributed by atoms with Gasteiger partial charge in [-0.05, 0) is 29.7 Å². The molecule has 0 unspecified atom stereocenters. The molecule has 1 aromatic carbocycles. The number of thiophene rings is 1. The minimum absolute atomic E-state index is 0.162. The number of benzene rings is 1. The molecule has 0 aliphatic carbocycles. The Morgan fingerprint density at radius 1 is 0.905 bits per heavy atom. The topological polar surface area (TPSA) is 147 Å². The molecule has 12 nitrogen and oxygen atoms in total. The monoisotopic (exact) mass is 616 g/mol. The highest BCUT2D eigenvalue weighted by molar-refractivity contribution is 8.14. The second kappa shape index (κ2) is 13.8. The van der Waals surface area contributed by atoms with E-state index in [1.165, 1.54) is 23.2 Å². The molecule has 2 aromatic rings. The maximum absolute atomic E-state index is 13.6. The third kappa shape index (κ3) is 7.63. The van der Waals surface area contributed by atoms with Gasteiger partial charge in [0.1, 0.15) is 18.4 Å². The molecule has 14 heteroatoms. The maximum Gasteiger partial charge on any atom is 0.303 e. The molecule has 1 fully saturated rings. The van der Waals surface area contributed by atoms with Crippen LogP contribution in [0.1, 0.15) is 32.6 Å². The summed E-state index contributed by atoms with van der Waals surface area (Å²) in [5.74, 6) is -3.23. The quantitative estimate of drug-likeness (QED) is 0.244. The predicted molar refractivity (Wildman–Crippen MR) is 153 cm³/mol. The van der Waals surface area contributed by atoms with Crippen LogP contribution in [0, 0.1) is 0 Å². The smallest absolute Gasteiger partial charge is 0.303 e. The lowest BCUT2D eigenvalue weighted by molar-refractivity contribution is -0.237.